The van der Waals surface area contributed by atoms with E-state index in [2.05, 4.69) is 12.1 Å². The summed E-state index contributed by atoms with van der Waals surface area (Å²) >= 11 is 0. The van der Waals surface area contributed by atoms with Crippen molar-refractivity contribution < 1.29 is 5.11 Å². The van der Waals surface area contributed by atoms with Gasteiger partial charge in [-0.1, -0.05) is 30.7 Å². The van der Waals surface area contributed by atoms with Crippen molar-refractivity contribution in [3.8, 4) is 0 Å². The Hall–Kier alpha value is -0.820. The highest BCUT2D eigenvalue weighted by Gasteiger charge is 2.20. The van der Waals surface area contributed by atoms with Gasteiger partial charge in [0.15, 0.2) is 0 Å². The molecule has 0 amide bonds. The number of aliphatic hydroxyl groups excluding tert-OH is 1. The molecule has 0 unspecified atom stereocenters. The predicted octanol–water partition coefficient (Wildman–Crippen LogP) is 2.45. The van der Waals surface area contributed by atoms with E-state index in [1.165, 1.54) is 24.8 Å². The van der Waals surface area contributed by atoms with E-state index in [9.17, 15) is 0 Å². The molecule has 0 heterocycles. The van der Waals surface area contributed by atoms with Crippen LogP contribution >= 0.6 is 0 Å². The van der Waals surface area contributed by atoms with Crippen LogP contribution in [0.3, 0.4) is 0 Å². The van der Waals surface area contributed by atoms with Crippen LogP contribution in [0.2, 0.25) is 0 Å². The second-order valence-corrected chi connectivity index (χ2v) is 3.48. The second-order valence-electron chi connectivity index (χ2n) is 3.48. The molecular formula is C11H14O. The maximum atomic E-state index is 9.09. The molecule has 0 saturated heterocycles. The predicted molar refractivity (Wildman–Crippen MR) is 49.0 cm³/mol. The van der Waals surface area contributed by atoms with Crippen LogP contribution in [0.1, 0.15) is 36.3 Å². The molecule has 1 fully saturated rings. The fraction of sp³-hybridized carbons (Fsp3) is 0.455. The first-order chi connectivity index (χ1) is 5.92. The van der Waals surface area contributed by atoms with E-state index in [-0.39, 0.29) is 6.61 Å². The molecular weight excluding hydrogens is 148 g/mol. The van der Waals surface area contributed by atoms with Gasteiger partial charge in [0.2, 0.25) is 0 Å². The fourth-order valence-corrected chi connectivity index (χ4v) is 1.80. The molecule has 1 aliphatic carbocycles. The minimum absolute atomic E-state index is 0.187. The summed E-state index contributed by atoms with van der Waals surface area (Å²) in [7, 11) is 0. The van der Waals surface area contributed by atoms with Gasteiger partial charge in [-0.25, -0.2) is 0 Å². The molecule has 0 spiro atoms. The SMILES string of the molecule is OCc1ccccc1C1CCC1. The van der Waals surface area contributed by atoms with Crippen LogP contribution in [-0.2, 0) is 6.61 Å². The monoisotopic (exact) mass is 162 g/mol. The van der Waals surface area contributed by atoms with Crippen molar-refractivity contribution in [2.24, 2.45) is 0 Å². The zero-order chi connectivity index (χ0) is 8.39. The van der Waals surface area contributed by atoms with Gasteiger partial charge in [-0.05, 0) is 29.9 Å². The summed E-state index contributed by atoms with van der Waals surface area (Å²) in [6.07, 6.45) is 3.96. The highest BCUT2D eigenvalue weighted by atomic mass is 16.3. The van der Waals surface area contributed by atoms with E-state index in [4.69, 9.17) is 5.11 Å². The minimum Gasteiger partial charge on any atom is -0.392 e. The molecule has 1 aliphatic rings. The van der Waals surface area contributed by atoms with Crippen molar-refractivity contribution in [2.75, 3.05) is 0 Å². The smallest absolute Gasteiger partial charge is 0.0684 e. The van der Waals surface area contributed by atoms with Crippen molar-refractivity contribution in [3.05, 3.63) is 35.4 Å². The van der Waals surface area contributed by atoms with Crippen molar-refractivity contribution >= 4 is 0 Å². The molecule has 0 radical (unpaired) electrons. The lowest BCUT2D eigenvalue weighted by Gasteiger charge is -2.27. The summed E-state index contributed by atoms with van der Waals surface area (Å²) < 4.78 is 0. The second kappa shape index (κ2) is 3.28. The Bertz CT molecular complexity index is 263. The third-order valence-corrected chi connectivity index (χ3v) is 2.77. The Morgan fingerprint density at radius 1 is 1.25 bits per heavy atom. The van der Waals surface area contributed by atoms with Crippen LogP contribution in [0.5, 0.6) is 0 Å². The molecule has 1 aromatic rings. The van der Waals surface area contributed by atoms with Gasteiger partial charge in [0.1, 0.15) is 0 Å². The first kappa shape index (κ1) is 7.81. The van der Waals surface area contributed by atoms with E-state index in [1.807, 2.05) is 12.1 Å². The van der Waals surface area contributed by atoms with Crippen LogP contribution in [0, 0.1) is 0 Å². The number of aliphatic hydroxyl groups is 1. The number of hydrogen-bond acceptors (Lipinski definition) is 1. The number of rotatable bonds is 2. The quantitative estimate of drug-likeness (QED) is 0.708. The summed E-state index contributed by atoms with van der Waals surface area (Å²) in [5, 5.41) is 9.09. The lowest BCUT2D eigenvalue weighted by Crippen LogP contribution is -2.10. The van der Waals surface area contributed by atoms with Gasteiger partial charge >= 0.3 is 0 Å². The summed E-state index contributed by atoms with van der Waals surface area (Å²) in [4.78, 5) is 0. The Kier molecular flexibility index (Phi) is 2.13. The molecule has 1 nitrogen and oxygen atoms in total. The molecule has 64 valence electrons. The Labute approximate surface area is 73.0 Å². The molecule has 1 aromatic carbocycles. The molecule has 0 aliphatic heterocycles. The van der Waals surface area contributed by atoms with Crippen LogP contribution in [-0.4, -0.2) is 5.11 Å². The van der Waals surface area contributed by atoms with Crippen molar-refractivity contribution in [2.45, 2.75) is 31.8 Å². The van der Waals surface area contributed by atoms with Gasteiger partial charge in [-0.3, -0.25) is 0 Å². The molecule has 2 rings (SSSR count). The molecule has 0 bridgehead atoms. The van der Waals surface area contributed by atoms with Gasteiger partial charge in [-0.2, -0.15) is 0 Å². The standard InChI is InChI=1S/C11H14O/c12-8-10-4-1-2-7-11(10)9-5-3-6-9/h1-2,4,7,9,12H,3,5-6,8H2. The zero-order valence-electron chi connectivity index (χ0n) is 7.16. The van der Waals surface area contributed by atoms with E-state index in [0.29, 0.717) is 0 Å². The van der Waals surface area contributed by atoms with Crippen LogP contribution in [0.15, 0.2) is 24.3 Å². The minimum atomic E-state index is 0.187. The normalized spacial score (nSPS) is 17.4. The average molecular weight is 162 g/mol. The third kappa shape index (κ3) is 1.25. The summed E-state index contributed by atoms with van der Waals surface area (Å²) in [5.41, 5.74) is 2.48. The Morgan fingerprint density at radius 2 is 2.00 bits per heavy atom. The fourth-order valence-electron chi connectivity index (χ4n) is 1.80. The molecule has 1 N–H and O–H groups in total. The Morgan fingerprint density at radius 3 is 2.58 bits per heavy atom. The van der Waals surface area contributed by atoms with Crippen LogP contribution < -0.4 is 0 Å². The lowest BCUT2D eigenvalue weighted by atomic mass is 9.78. The molecule has 1 heteroatoms. The first-order valence-electron chi connectivity index (χ1n) is 4.60. The maximum absolute atomic E-state index is 9.09. The van der Waals surface area contributed by atoms with Gasteiger partial charge in [-0.15, -0.1) is 0 Å². The number of hydrogen-bond donors (Lipinski definition) is 1. The van der Waals surface area contributed by atoms with Gasteiger partial charge in [0.25, 0.3) is 0 Å². The van der Waals surface area contributed by atoms with E-state index < -0.39 is 0 Å². The first-order valence-corrected chi connectivity index (χ1v) is 4.60. The summed E-state index contributed by atoms with van der Waals surface area (Å²) in [5.74, 6) is 0.730. The highest BCUT2D eigenvalue weighted by Crippen LogP contribution is 2.37. The van der Waals surface area contributed by atoms with Gasteiger partial charge in [0.05, 0.1) is 6.61 Å². The molecule has 0 atom stereocenters. The Balaban J connectivity index is 2.27. The zero-order valence-corrected chi connectivity index (χ0v) is 7.16. The van der Waals surface area contributed by atoms with Gasteiger partial charge in [0, 0.05) is 0 Å². The van der Waals surface area contributed by atoms with Crippen molar-refractivity contribution in [3.63, 3.8) is 0 Å². The summed E-state index contributed by atoms with van der Waals surface area (Å²) in [6, 6.07) is 8.23. The largest absolute Gasteiger partial charge is 0.392 e. The topological polar surface area (TPSA) is 20.2 Å². The number of benzene rings is 1. The highest BCUT2D eigenvalue weighted by molar-refractivity contribution is 5.30. The van der Waals surface area contributed by atoms with E-state index in [0.717, 1.165) is 11.5 Å². The van der Waals surface area contributed by atoms with Crippen LogP contribution in [0.25, 0.3) is 0 Å². The van der Waals surface area contributed by atoms with Crippen LogP contribution in [0.4, 0.5) is 0 Å². The third-order valence-electron chi connectivity index (χ3n) is 2.77. The van der Waals surface area contributed by atoms with E-state index in [1.54, 1.807) is 0 Å². The van der Waals surface area contributed by atoms with Gasteiger partial charge < -0.3 is 5.11 Å². The van der Waals surface area contributed by atoms with Crippen molar-refractivity contribution in [1.29, 1.82) is 0 Å². The molecule has 1 saturated carbocycles. The maximum Gasteiger partial charge on any atom is 0.0684 e. The van der Waals surface area contributed by atoms with Crippen molar-refractivity contribution in [1.82, 2.24) is 0 Å². The molecule has 0 aromatic heterocycles. The van der Waals surface area contributed by atoms with E-state index >= 15 is 0 Å². The summed E-state index contributed by atoms with van der Waals surface area (Å²) in [6.45, 7) is 0.187. The lowest BCUT2D eigenvalue weighted by molar-refractivity contribution is 0.277. The average Bonchev–Trinajstić information content (AvgIpc) is 2.02. The molecule has 12 heavy (non-hydrogen) atoms.